The molecular weight excluding hydrogens is 563 g/mol. The van der Waals surface area contributed by atoms with Crippen molar-refractivity contribution in [3.63, 3.8) is 0 Å². The molecular formula is C26H20Cl2N6O2S2. The van der Waals surface area contributed by atoms with Crippen LogP contribution in [0.5, 0.6) is 0 Å². The summed E-state index contributed by atoms with van der Waals surface area (Å²) in [5.41, 5.74) is 3.33. The van der Waals surface area contributed by atoms with Crippen LogP contribution >= 0.6 is 46.8 Å². The maximum atomic E-state index is 12.5. The van der Waals surface area contributed by atoms with Crippen LogP contribution in [0, 0.1) is 6.92 Å². The number of hydrogen-bond donors (Lipinski definition) is 2. The highest BCUT2D eigenvalue weighted by atomic mass is 35.5. The van der Waals surface area contributed by atoms with E-state index in [1.807, 2.05) is 32.0 Å². The molecule has 0 fully saturated rings. The molecule has 0 unspecified atom stereocenters. The third-order valence-corrected chi connectivity index (χ3v) is 7.26. The fraction of sp³-hybridized carbons (Fsp3) is 0.115. The lowest BCUT2D eigenvalue weighted by molar-refractivity contribution is -0.115. The molecule has 0 aliphatic rings. The van der Waals surface area contributed by atoms with Gasteiger partial charge in [-0.1, -0.05) is 53.6 Å². The smallest absolute Gasteiger partial charge is 0.250 e. The maximum absolute atomic E-state index is 12.5. The van der Waals surface area contributed by atoms with E-state index in [0.717, 1.165) is 39.0 Å². The maximum Gasteiger partial charge on any atom is 0.250 e. The molecule has 3 aromatic heterocycles. The summed E-state index contributed by atoms with van der Waals surface area (Å²) in [4.78, 5) is 13.2. The SMILES string of the molecule is CCc1nnc2sc(-c3ccc(C)c(NC(=S)NC(=O)/C=C/c4ccc(-c5ccc(Cl)cc5Cl)o4)c3)nn12. The average molecular weight is 584 g/mol. The molecule has 0 spiro atoms. The van der Waals surface area contributed by atoms with Crippen molar-refractivity contribution in [1.29, 1.82) is 0 Å². The normalized spacial score (nSPS) is 11.4. The number of nitrogens with zero attached hydrogens (tertiary/aromatic N) is 4. The van der Waals surface area contributed by atoms with Gasteiger partial charge in [0.1, 0.15) is 16.5 Å². The summed E-state index contributed by atoms with van der Waals surface area (Å²) in [7, 11) is 0. The Hall–Kier alpha value is -3.57. The van der Waals surface area contributed by atoms with Gasteiger partial charge >= 0.3 is 0 Å². The zero-order valence-electron chi connectivity index (χ0n) is 20.2. The molecule has 0 aliphatic heterocycles. The van der Waals surface area contributed by atoms with Crippen LogP contribution in [0.15, 0.2) is 59.0 Å². The first kappa shape index (κ1) is 26.1. The highest BCUT2D eigenvalue weighted by Gasteiger charge is 2.14. The second-order valence-corrected chi connectivity index (χ2v) is 10.4. The fourth-order valence-electron chi connectivity index (χ4n) is 3.63. The average Bonchev–Trinajstić information content (AvgIpc) is 3.60. The van der Waals surface area contributed by atoms with Crippen LogP contribution in [-0.4, -0.2) is 30.8 Å². The Balaban J connectivity index is 1.23. The molecule has 0 saturated carbocycles. The van der Waals surface area contributed by atoms with Crippen molar-refractivity contribution < 1.29 is 9.21 Å². The zero-order chi connectivity index (χ0) is 26.8. The number of thiocarbonyl (C=S) groups is 1. The molecule has 3 heterocycles. The predicted molar refractivity (Wildman–Crippen MR) is 156 cm³/mol. The van der Waals surface area contributed by atoms with Crippen LogP contribution in [0.2, 0.25) is 10.0 Å². The van der Waals surface area contributed by atoms with Gasteiger partial charge in [0, 0.05) is 34.3 Å². The van der Waals surface area contributed by atoms with Gasteiger partial charge in [0.15, 0.2) is 10.9 Å². The fourth-order valence-corrected chi connectivity index (χ4v) is 5.19. The second kappa shape index (κ2) is 11.0. The minimum Gasteiger partial charge on any atom is -0.457 e. The molecule has 192 valence electrons. The molecule has 0 bridgehead atoms. The number of furan rings is 1. The number of carbonyl (C=O) groups is 1. The van der Waals surface area contributed by atoms with Crippen molar-refractivity contribution in [2.45, 2.75) is 20.3 Å². The molecule has 5 aromatic rings. The van der Waals surface area contributed by atoms with Crippen molar-refractivity contribution in [2.24, 2.45) is 0 Å². The number of carbonyl (C=O) groups excluding carboxylic acids is 1. The predicted octanol–water partition coefficient (Wildman–Crippen LogP) is 6.82. The van der Waals surface area contributed by atoms with E-state index in [1.54, 1.807) is 40.9 Å². The summed E-state index contributed by atoms with van der Waals surface area (Å²) in [6.07, 6.45) is 3.63. The lowest BCUT2D eigenvalue weighted by Crippen LogP contribution is -2.33. The van der Waals surface area contributed by atoms with Crippen LogP contribution in [0.4, 0.5) is 5.69 Å². The Morgan fingerprint density at radius 3 is 2.79 bits per heavy atom. The van der Waals surface area contributed by atoms with Gasteiger partial charge in [-0.05, 0) is 67.2 Å². The monoisotopic (exact) mass is 582 g/mol. The van der Waals surface area contributed by atoms with E-state index in [9.17, 15) is 4.79 Å². The van der Waals surface area contributed by atoms with Gasteiger partial charge in [-0.3, -0.25) is 10.1 Å². The summed E-state index contributed by atoms with van der Waals surface area (Å²) in [6.45, 7) is 3.96. The summed E-state index contributed by atoms with van der Waals surface area (Å²) in [5.74, 6) is 1.46. The third kappa shape index (κ3) is 5.63. The van der Waals surface area contributed by atoms with E-state index in [1.165, 1.54) is 17.4 Å². The van der Waals surface area contributed by atoms with Gasteiger partial charge < -0.3 is 9.73 Å². The van der Waals surface area contributed by atoms with Crippen LogP contribution in [0.3, 0.4) is 0 Å². The molecule has 2 N–H and O–H groups in total. The number of hydrogen-bond acceptors (Lipinski definition) is 7. The number of aromatic nitrogens is 4. The summed E-state index contributed by atoms with van der Waals surface area (Å²) < 4.78 is 7.55. The molecule has 2 aromatic carbocycles. The van der Waals surface area contributed by atoms with Crippen LogP contribution < -0.4 is 10.6 Å². The van der Waals surface area contributed by atoms with Crippen LogP contribution in [-0.2, 0) is 11.2 Å². The number of halogens is 2. The van der Waals surface area contributed by atoms with E-state index >= 15 is 0 Å². The van der Waals surface area contributed by atoms with E-state index < -0.39 is 5.91 Å². The van der Waals surface area contributed by atoms with Gasteiger partial charge in [0.2, 0.25) is 10.9 Å². The zero-order valence-corrected chi connectivity index (χ0v) is 23.3. The Bertz CT molecular complexity index is 1710. The topological polar surface area (TPSA) is 97.3 Å². The van der Waals surface area contributed by atoms with Gasteiger partial charge in [-0.2, -0.15) is 9.61 Å². The van der Waals surface area contributed by atoms with Gasteiger partial charge in [-0.15, -0.1) is 10.2 Å². The number of fused-ring (bicyclic) bond motifs is 1. The number of rotatable bonds is 6. The molecule has 5 rings (SSSR count). The van der Waals surface area contributed by atoms with Gasteiger partial charge in [0.05, 0.1) is 5.02 Å². The molecule has 12 heteroatoms. The number of aryl methyl sites for hydroxylation is 2. The van der Waals surface area contributed by atoms with Gasteiger partial charge in [-0.25, -0.2) is 0 Å². The van der Waals surface area contributed by atoms with E-state index in [0.29, 0.717) is 27.1 Å². The molecule has 38 heavy (non-hydrogen) atoms. The van der Waals surface area contributed by atoms with E-state index in [2.05, 4.69) is 25.9 Å². The van der Waals surface area contributed by atoms with Crippen molar-refractivity contribution >= 4 is 74.5 Å². The third-order valence-electron chi connectivity index (χ3n) is 5.56. The Morgan fingerprint density at radius 2 is 2.00 bits per heavy atom. The minimum absolute atomic E-state index is 0.166. The molecule has 0 saturated heterocycles. The summed E-state index contributed by atoms with van der Waals surface area (Å²) in [5, 5.41) is 20.7. The molecule has 0 atom stereocenters. The molecule has 1 amide bonds. The van der Waals surface area contributed by atoms with Crippen LogP contribution in [0.25, 0.3) is 32.9 Å². The Morgan fingerprint density at radius 1 is 1.16 bits per heavy atom. The molecule has 0 aliphatic carbocycles. The first-order valence-corrected chi connectivity index (χ1v) is 13.5. The van der Waals surface area contributed by atoms with Crippen molar-refractivity contribution in [3.8, 4) is 21.9 Å². The quantitative estimate of drug-likeness (QED) is 0.167. The summed E-state index contributed by atoms with van der Waals surface area (Å²) in [6, 6.07) is 14.5. The lowest BCUT2D eigenvalue weighted by atomic mass is 10.1. The number of nitrogens with one attached hydrogen (secondary N) is 2. The standard InChI is InChI=1S/C26H20Cl2N6O2S2/c1-3-22-31-32-26-34(22)33-24(38-26)15-5-4-14(2)20(12-15)29-25(37)30-23(35)11-8-17-7-10-21(36-17)18-9-6-16(27)13-19(18)28/h4-13H,3H2,1-2H3,(H2,29,30,35,37)/b11-8+. The highest BCUT2D eigenvalue weighted by molar-refractivity contribution is 7.80. The Labute approximate surface area is 237 Å². The highest BCUT2D eigenvalue weighted by Crippen LogP contribution is 2.32. The first-order chi connectivity index (χ1) is 18.3. The number of amides is 1. The number of benzene rings is 2. The molecule has 8 nitrogen and oxygen atoms in total. The van der Waals surface area contributed by atoms with Crippen molar-refractivity contribution in [2.75, 3.05) is 5.32 Å². The second-order valence-electron chi connectivity index (χ2n) is 8.20. The Kier molecular flexibility index (Phi) is 7.57. The van der Waals surface area contributed by atoms with E-state index in [4.69, 9.17) is 39.8 Å². The first-order valence-electron chi connectivity index (χ1n) is 11.5. The molecule has 0 radical (unpaired) electrons. The van der Waals surface area contributed by atoms with Crippen molar-refractivity contribution in [3.05, 3.63) is 81.8 Å². The van der Waals surface area contributed by atoms with Crippen molar-refractivity contribution in [1.82, 2.24) is 25.1 Å². The number of anilines is 1. The van der Waals surface area contributed by atoms with E-state index in [-0.39, 0.29) is 5.11 Å². The lowest BCUT2D eigenvalue weighted by Gasteiger charge is -2.12. The summed E-state index contributed by atoms with van der Waals surface area (Å²) >= 11 is 19.0. The van der Waals surface area contributed by atoms with Gasteiger partial charge in [0.25, 0.3) is 0 Å². The van der Waals surface area contributed by atoms with Crippen LogP contribution in [0.1, 0.15) is 24.1 Å². The minimum atomic E-state index is -0.403. The largest absolute Gasteiger partial charge is 0.457 e.